The predicted molar refractivity (Wildman–Crippen MR) is 71.7 cm³/mol. The van der Waals surface area contributed by atoms with Gasteiger partial charge in [-0.05, 0) is 25.1 Å². The van der Waals surface area contributed by atoms with Crippen LogP contribution < -0.4 is 5.32 Å². The van der Waals surface area contributed by atoms with Gasteiger partial charge in [-0.15, -0.1) is 0 Å². The van der Waals surface area contributed by atoms with Gasteiger partial charge in [-0.1, -0.05) is 15.9 Å². The number of nitrogens with one attached hydrogen (secondary N) is 1. The van der Waals surface area contributed by atoms with Crippen LogP contribution in [-0.2, 0) is 7.05 Å². The average Bonchev–Trinajstić information content (AvgIpc) is 2.57. The standard InChI is InChI=1S/C12H12BrN3O2/c1-7-5-11(16(2)15-7)14-12(18)9-4-3-8(13)6-10(9)17/h3-6,17H,1-2H3,(H,14,18). The highest BCUT2D eigenvalue weighted by atomic mass is 79.9. The second kappa shape index (κ2) is 4.81. The number of hydrogen-bond acceptors (Lipinski definition) is 3. The van der Waals surface area contributed by atoms with E-state index in [2.05, 4.69) is 26.3 Å². The number of carbonyl (C=O) groups is 1. The van der Waals surface area contributed by atoms with Gasteiger partial charge in [-0.25, -0.2) is 0 Å². The summed E-state index contributed by atoms with van der Waals surface area (Å²) in [5.41, 5.74) is 1.03. The third kappa shape index (κ3) is 2.53. The van der Waals surface area contributed by atoms with Gasteiger partial charge in [-0.2, -0.15) is 5.10 Å². The summed E-state index contributed by atoms with van der Waals surface area (Å²) < 4.78 is 2.29. The summed E-state index contributed by atoms with van der Waals surface area (Å²) >= 11 is 3.22. The van der Waals surface area contributed by atoms with Crippen LogP contribution in [0.15, 0.2) is 28.7 Å². The van der Waals surface area contributed by atoms with Gasteiger partial charge in [0.25, 0.3) is 5.91 Å². The van der Waals surface area contributed by atoms with Gasteiger partial charge in [0.2, 0.25) is 0 Å². The van der Waals surface area contributed by atoms with Crippen LogP contribution in [0, 0.1) is 6.92 Å². The van der Waals surface area contributed by atoms with Gasteiger partial charge in [0.15, 0.2) is 0 Å². The number of nitrogens with zero attached hydrogens (tertiary/aromatic N) is 2. The van der Waals surface area contributed by atoms with Crippen molar-refractivity contribution in [3.63, 3.8) is 0 Å². The van der Waals surface area contributed by atoms with Crippen LogP contribution in [0.3, 0.4) is 0 Å². The Morgan fingerprint density at radius 2 is 2.17 bits per heavy atom. The summed E-state index contributed by atoms with van der Waals surface area (Å²) in [5, 5.41) is 16.5. The predicted octanol–water partition coefficient (Wildman–Crippen LogP) is 2.45. The number of carbonyl (C=O) groups excluding carboxylic acids is 1. The molecule has 0 aliphatic carbocycles. The molecule has 2 rings (SSSR count). The zero-order valence-electron chi connectivity index (χ0n) is 9.94. The van der Waals surface area contributed by atoms with Crippen molar-refractivity contribution in [1.82, 2.24) is 9.78 Å². The Kier molecular flexibility index (Phi) is 3.38. The number of aryl methyl sites for hydroxylation is 2. The maximum absolute atomic E-state index is 12.0. The van der Waals surface area contributed by atoms with E-state index < -0.39 is 0 Å². The van der Waals surface area contributed by atoms with E-state index in [4.69, 9.17) is 0 Å². The Morgan fingerprint density at radius 3 is 2.72 bits per heavy atom. The van der Waals surface area contributed by atoms with Gasteiger partial charge in [0.1, 0.15) is 11.6 Å². The lowest BCUT2D eigenvalue weighted by atomic mass is 10.2. The Balaban J connectivity index is 2.24. The number of phenols is 1. The molecule has 1 amide bonds. The topological polar surface area (TPSA) is 67.2 Å². The van der Waals surface area contributed by atoms with Crippen LogP contribution in [0.5, 0.6) is 5.75 Å². The van der Waals surface area contributed by atoms with E-state index in [1.165, 1.54) is 6.07 Å². The number of benzene rings is 1. The first kappa shape index (κ1) is 12.6. The zero-order chi connectivity index (χ0) is 13.3. The van der Waals surface area contributed by atoms with Crippen molar-refractivity contribution in [3.8, 4) is 5.75 Å². The minimum atomic E-state index is -0.372. The molecule has 0 aliphatic rings. The molecule has 0 unspecified atom stereocenters. The molecule has 94 valence electrons. The maximum atomic E-state index is 12.0. The SMILES string of the molecule is Cc1cc(NC(=O)c2ccc(Br)cc2O)n(C)n1. The molecule has 2 N–H and O–H groups in total. The molecule has 0 saturated heterocycles. The lowest BCUT2D eigenvalue weighted by Crippen LogP contribution is -2.14. The van der Waals surface area contributed by atoms with Gasteiger partial charge in [0, 0.05) is 17.6 Å². The van der Waals surface area contributed by atoms with Gasteiger partial charge < -0.3 is 10.4 Å². The molecule has 5 nitrogen and oxygen atoms in total. The van der Waals surface area contributed by atoms with Gasteiger partial charge in [0.05, 0.1) is 11.3 Å². The van der Waals surface area contributed by atoms with E-state index in [9.17, 15) is 9.90 Å². The Labute approximate surface area is 113 Å². The van der Waals surface area contributed by atoms with E-state index in [1.807, 2.05) is 6.92 Å². The zero-order valence-corrected chi connectivity index (χ0v) is 11.5. The first-order chi connectivity index (χ1) is 8.47. The first-order valence-electron chi connectivity index (χ1n) is 5.28. The quantitative estimate of drug-likeness (QED) is 0.895. The summed E-state index contributed by atoms with van der Waals surface area (Å²) in [5.74, 6) is 0.142. The average molecular weight is 310 g/mol. The summed E-state index contributed by atoms with van der Waals surface area (Å²) in [6.45, 7) is 1.84. The highest BCUT2D eigenvalue weighted by molar-refractivity contribution is 9.10. The number of phenolic OH excluding ortho intramolecular Hbond substituents is 1. The molecule has 2 aromatic rings. The number of amides is 1. The van der Waals surface area contributed by atoms with Gasteiger partial charge >= 0.3 is 0 Å². The van der Waals surface area contributed by atoms with Crippen LogP contribution in [-0.4, -0.2) is 20.8 Å². The van der Waals surface area contributed by atoms with Crippen LogP contribution in [0.25, 0.3) is 0 Å². The third-order valence-electron chi connectivity index (χ3n) is 2.45. The maximum Gasteiger partial charge on any atom is 0.260 e. The minimum Gasteiger partial charge on any atom is -0.507 e. The molecule has 0 aliphatic heterocycles. The Bertz CT molecular complexity index is 607. The number of aromatic nitrogens is 2. The van der Waals surface area contributed by atoms with E-state index in [1.54, 1.807) is 29.9 Å². The molecule has 0 fully saturated rings. The number of halogens is 1. The second-order valence-corrected chi connectivity index (χ2v) is 4.83. The highest BCUT2D eigenvalue weighted by Crippen LogP contribution is 2.23. The smallest absolute Gasteiger partial charge is 0.260 e. The molecule has 6 heteroatoms. The van der Waals surface area contributed by atoms with Crippen molar-refractivity contribution in [3.05, 3.63) is 40.0 Å². The van der Waals surface area contributed by atoms with E-state index in [0.29, 0.717) is 10.3 Å². The largest absolute Gasteiger partial charge is 0.507 e. The second-order valence-electron chi connectivity index (χ2n) is 3.91. The van der Waals surface area contributed by atoms with Crippen LogP contribution >= 0.6 is 15.9 Å². The lowest BCUT2D eigenvalue weighted by molar-refractivity contribution is 0.102. The molecule has 0 bridgehead atoms. The number of hydrogen-bond donors (Lipinski definition) is 2. The molecule has 1 aromatic carbocycles. The lowest BCUT2D eigenvalue weighted by Gasteiger charge is -2.07. The third-order valence-corrected chi connectivity index (χ3v) is 2.94. The van der Waals surface area contributed by atoms with Crippen LogP contribution in [0.2, 0.25) is 0 Å². The monoisotopic (exact) mass is 309 g/mol. The number of rotatable bonds is 2. The van der Waals surface area contributed by atoms with Crippen LogP contribution in [0.1, 0.15) is 16.1 Å². The van der Waals surface area contributed by atoms with Gasteiger partial charge in [-0.3, -0.25) is 9.48 Å². The molecular weight excluding hydrogens is 298 g/mol. The molecule has 18 heavy (non-hydrogen) atoms. The number of anilines is 1. The van der Waals surface area contributed by atoms with Crippen LogP contribution in [0.4, 0.5) is 5.82 Å². The summed E-state index contributed by atoms with van der Waals surface area (Å²) in [6.07, 6.45) is 0. The van der Waals surface area contributed by atoms with E-state index in [-0.39, 0.29) is 17.2 Å². The molecule has 0 saturated carbocycles. The fourth-order valence-corrected chi connectivity index (χ4v) is 1.96. The fraction of sp³-hybridized carbons (Fsp3) is 0.167. The molecular formula is C12H12BrN3O2. The molecule has 1 heterocycles. The summed E-state index contributed by atoms with van der Waals surface area (Å²) in [6, 6.07) is 6.48. The van der Waals surface area contributed by atoms with Crippen molar-refractivity contribution < 1.29 is 9.90 Å². The van der Waals surface area contributed by atoms with Crippen molar-refractivity contribution in [2.45, 2.75) is 6.92 Å². The Morgan fingerprint density at radius 1 is 1.44 bits per heavy atom. The Hall–Kier alpha value is -1.82. The normalized spacial score (nSPS) is 10.4. The molecule has 0 radical (unpaired) electrons. The van der Waals surface area contributed by atoms with Crippen molar-refractivity contribution in [2.24, 2.45) is 7.05 Å². The summed E-state index contributed by atoms with van der Waals surface area (Å²) in [4.78, 5) is 12.0. The fourth-order valence-electron chi connectivity index (χ4n) is 1.61. The molecule has 0 spiro atoms. The van der Waals surface area contributed by atoms with Crippen molar-refractivity contribution >= 4 is 27.7 Å². The van der Waals surface area contributed by atoms with E-state index in [0.717, 1.165) is 5.69 Å². The molecule has 0 atom stereocenters. The van der Waals surface area contributed by atoms with E-state index >= 15 is 0 Å². The molecule has 1 aromatic heterocycles. The first-order valence-corrected chi connectivity index (χ1v) is 6.07. The summed E-state index contributed by atoms with van der Waals surface area (Å²) in [7, 11) is 1.74. The number of aromatic hydroxyl groups is 1. The van der Waals surface area contributed by atoms with Crippen molar-refractivity contribution in [2.75, 3.05) is 5.32 Å². The highest BCUT2D eigenvalue weighted by Gasteiger charge is 2.13. The minimum absolute atomic E-state index is 0.0687. The van der Waals surface area contributed by atoms with Crippen molar-refractivity contribution in [1.29, 1.82) is 0 Å².